The number of carbonyl (C=O) groups is 1. The van der Waals surface area contributed by atoms with Crippen LogP contribution in [0.1, 0.15) is 37.2 Å². The highest BCUT2D eigenvalue weighted by Crippen LogP contribution is 2.52. The van der Waals surface area contributed by atoms with E-state index in [0.717, 1.165) is 39.0 Å². The third kappa shape index (κ3) is 3.54. The highest BCUT2D eigenvalue weighted by molar-refractivity contribution is 5.83. The van der Waals surface area contributed by atoms with E-state index < -0.39 is 6.36 Å². The highest BCUT2D eigenvalue weighted by Gasteiger charge is 2.49. The molecule has 2 heterocycles. The summed E-state index contributed by atoms with van der Waals surface area (Å²) in [6.45, 7) is 3.59. The molecule has 0 aromatic heterocycles. The predicted octanol–water partition coefficient (Wildman–Crippen LogP) is 3.29. The van der Waals surface area contributed by atoms with Gasteiger partial charge in [-0.1, -0.05) is 18.2 Å². The summed E-state index contributed by atoms with van der Waals surface area (Å²) in [6.07, 6.45) is -0.932. The van der Waals surface area contributed by atoms with Crippen LogP contribution in [-0.2, 0) is 4.79 Å². The minimum Gasteiger partial charge on any atom is -0.405 e. The number of alkyl halides is 3. The van der Waals surface area contributed by atoms with E-state index in [-0.39, 0.29) is 23.5 Å². The molecular weight excluding hydrogens is 345 g/mol. The van der Waals surface area contributed by atoms with Crippen molar-refractivity contribution in [2.45, 2.75) is 38.0 Å². The summed E-state index contributed by atoms with van der Waals surface area (Å²) in [5, 5.41) is 3.41. The van der Waals surface area contributed by atoms with E-state index in [9.17, 15) is 18.0 Å². The Hall–Kier alpha value is -1.76. The Kier molecular flexibility index (Phi) is 4.37. The van der Waals surface area contributed by atoms with Gasteiger partial charge in [0, 0.05) is 25.6 Å². The van der Waals surface area contributed by atoms with E-state index in [1.165, 1.54) is 18.6 Å². The predicted molar refractivity (Wildman–Crippen MR) is 89.7 cm³/mol. The molecular formula is C19H23F3N2O2. The smallest absolute Gasteiger partial charge is 0.405 e. The number of hydrogen-bond acceptors (Lipinski definition) is 3. The summed E-state index contributed by atoms with van der Waals surface area (Å²) in [6, 6.07) is 6.16. The molecule has 4 rings (SSSR count). The third-order valence-electron chi connectivity index (χ3n) is 6.12. The van der Waals surface area contributed by atoms with Crippen molar-refractivity contribution in [2.24, 2.45) is 11.3 Å². The number of ether oxygens (including phenoxy) is 1. The summed E-state index contributed by atoms with van der Waals surface area (Å²) in [5.41, 5.74) is 0.823. The number of para-hydroxylation sites is 1. The lowest BCUT2D eigenvalue weighted by Gasteiger charge is -2.39. The lowest BCUT2D eigenvalue weighted by atomic mass is 9.78. The number of amides is 1. The molecule has 3 aliphatic rings. The van der Waals surface area contributed by atoms with Crippen LogP contribution in [0.2, 0.25) is 0 Å². The Morgan fingerprint density at radius 3 is 2.58 bits per heavy atom. The van der Waals surface area contributed by atoms with Gasteiger partial charge in [0.2, 0.25) is 5.91 Å². The number of rotatable bonds is 3. The fourth-order valence-electron chi connectivity index (χ4n) is 4.47. The Morgan fingerprint density at radius 2 is 1.92 bits per heavy atom. The van der Waals surface area contributed by atoms with Crippen molar-refractivity contribution in [2.75, 3.05) is 26.2 Å². The molecule has 2 atom stereocenters. The van der Waals surface area contributed by atoms with Crippen LogP contribution in [0.4, 0.5) is 13.2 Å². The zero-order valence-corrected chi connectivity index (χ0v) is 14.5. The van der Waals surface area contributed by atoms with Gasteiger partial charge >= 0.3 is 6.36 Å². The van der Waals surface area contributed by atoms with Gasteiger partial charge in [-0.2, -0.15) is 0 Å². The van der Waals surface area contributed by atoms with Gasteiger partial charge in [-0.15, -0.1) is 13.2 Å². The molecule has 2 aliphatic heterocycles. The zero-order valence-electron chi connectivity index (χ0n) is 14.5. The molecule has 1 saturated carbocycles. The summed E-state index contributed by atoms with van der Waals surface area (Å²) in [4.78, 5) is 14.7. The van der Waals surface area contributed by atoms with Gasteiger partial charge in [-0.3, -0.25) is 4.79 Å². The minimum absolute atomic E-state index is 0.0811. The number of likely N-dealkylation sites (tertiary alicyclic amines) is 1. The van der Waals surface area contributed by atoms with Gasteiger partial charge in [-0.05, 0) is 55.2 Å². The average molecular weight is 368 g/mol. The van der Waals surface area contributed by atoms with Crippen molar-refractivity contribution in [3.05, 3.63) is 29.8 Å². The first-order valence-corrected chi connectivity index (χ1v) is 9.21. The molecule has 1 N–H and O–H groups in total. The van der Waals surface area contributed by atoms with Crippen LogP contribution < -0.4 is 10.1 Å². The van der Waals surface area contributed by atoms with Crippen LogP contribution in [0, 0.1) is 11.3 Å². The number of halogens is 3. The first kappa shape index (κ1) is 17.6. The number of piperidine rings is 1. The highest BCUT2D eigenvalue weighted by atomic mass is 19.4. The van der Waals surface area contributed by atoms with Crippen LogP contribution in [0.5, 0.6) is 5.75 Å². The Bertz CT molecular complexity index is 676. The summed E-state index contributed by atoms with van der Waals surface area (Å²) in [5.74, 6) is -0.499. The number of hydrogen-bond donors (Lipinski definition) is 1. The Morgan fingerprint density at radius 1 is 1.19 bits per heavy atom. The third-order valence-corrected chi connectivity index (χ3v) is 6.12. The van der Waals surface area contributed by atoms with Crippen molar-refractivity contribution in [1.82, 2.24) is 10.2 Å². The second-order valence-corrected chi connectivity index (χ2v) is 7.79. The fraction of sp³-hybridized carbons (Fsp3) is 0.632. The van der Waals surface area contributed by atoms with E-state index in [1.807, 2.05) is 4.90 Å². The molecule has 142 valence electrons. The van der Waals surface area contributed by atoms with Crippen LogP contribution in [-0.4, -0.2) is 43.3 Å². The SMILES string of the molecule is O=C(C1CC1c1ccccc1OC(F)(F)F)N1CCC2(CCNC2)CC1. The molecule has 3 fully saturated rings. The maximum atomic E-state index is 12.8. The van der Waals surface area contributed by atoms with E-state index in [1.54, 1.807) is 12.1 Å². The first-order valence-electron chi connectivity index (χ1n) is 9.21. The van der Waals surface area contributed by atoms with Crippen LogP contribution in [0.25, 0.3) is 0 Å². The van der Waals surface area contributed by atoms with Gasteiger partial charge in [0.1, 0.15) is 5.75 Å². The molecule has 1 aromatic rings. The van der Waals surface area contributed by atoms with Crippen molar-refractivity contribution in [3.8, 4) is 5.75 Å². The van der Waals surface area contributed by atoms with Crippen molar-refractivity contribution >= 4 is 5.91 Å². The standard InChI is InChI=1S/C19H23F3N2O2/c20-19(21,22)26-16-4-2-1-3-13(16)14-11-15(14)17(25)24-9-6-18(7-10-24)5-8-23-12-18/h1-4,14-15,23H,5-12H2. The van der Waals surface area contributed by atoms with Gasteiger partial charge in [0.25, 0.3) is 0 Å². The molecule has 2 unspecified atom stereocenters. The molecule has 26 heavy (non-hydrogen) atoms. The second kappa shape index (κ2) is 6.44. The first-order chi connectivity index (χ1) is 12.4. The zero-order chi connectivity index (χ0) is 18.4. The quantitative estimate of drug-likeness (QED) is 0.890. The maximum Gasteiger partial charge on any atom is 0.573 e. The van der Waals surface area contributed by atoms with Gasteiger partial charge in [-0.25, -0.2) is 0 Å². The van der Waals surface area contributed by atoms with E-state index in [4.69, 9.17) is 0 Å². The van der Waals surface area contributed by atoms with Crippen LogP contribution in [0.15, 0.2) is 24.3 Å². The number of nitrogens with one attached hydrogen (secondary N) is 1. The molecule has 0 bridgehead atoms. The van der Waals surface area contributed by atoms with Crippen molar-refractivity contribution in [1.29, 1.82) is 0 Å². The minimum atomic E-state index is -4.72. The maximum absolute atomic E-state index is 12.8. The largest absolute Gasteiger partial charge is 0.573 e. The Labute approximate surface area is 150 Å². The van der Waals surface area contributed by atoms with Crippen molar-refractivity contribution < 1.29 is 22.7 Å². The summed E-state index contributed by atoms with van der Waals surface area (Å²) < 4.78 is 41.9. The van der Waals surface area contributed by atoms with Crippen molar-refractivity contribution in [3.63, 3.8) is 0 Å². The molecule has 1 spiro atoms. The van der Waals surface area contributed by atoms with E-state index in [2.05, 4.69) is 10.1 Å². The average Bonchev–Trinajstić information content (AvgIpc) is 3.27. The molecule has 0 radical (unpaired) electrons. The lowest BCUT2D eigenvalue weighted by molar-refractivity contribution is -0.274. The summed E-state index contributed by atoms with van der Waals surface area (Å²) >= 11 is 0. The summed E-state index contributed by atoms with van der Waals surface area (Å²) in [7, 11) is 0. The molecule has 1 aliphatic carbocycles. The molecule has 4 nitrogen and oxygen atoms in total. The van der Waals surface area contributed by atoms with E-state index in [0.29, 0.717) is 17.4 Å². The normalized spacial score (nSPS) is 27.6. The van der Waals surface area contributed by atoms with Gasteiger partial charge in [0.05, 0.1) is 0 Å². The number of benzene rings is 1. The molecule has 2 saturated heterocycles. The fourth-order valence-corrected chi connectivity index (χ4v) is 4.47. The lowest BCUT2D eigenvalue weighted by Crippen LogP contribution is -2.44. The monoisotopic (exact) mass is 368 g/mol. The molecule has 1 amide bonds. The number of carbonyl (C=O) groups excluding carboxylic acids is 1. The molecule has 7 heteroatoms. The Balaban J connectivity index is 1.39. The van der Waals surface area contributed by atoms with Gasteiger partial charge in [0.15, 0.2) is 0 Å². The molecule has 1 aromatic carbocycles. The van der Waals surface area contributed by atoms with E-state index >= 15 is 0 Å². The van der Waals surface area contributed by atoms with Crippen LogP contribution >= 0.6 is 0 Å². The topological polar surface area (TPSA) is 41.6 Å². The van der Waals surface area contributed by atoms with Crippen LogP contribution in [0.3, 0.4) is 0 Å². The second-order valence-electron chi connectivity index (χ2n) is 7.79. The number of nitrogens with zero attached hydrogens (tertiary/aromatic N) is 1. The van der Waals surface area contributed by atoms with Gasteiger partial charge < -0.3 is 15.0 Å².